The van der Waals surface area contributed by atoms with Gasteiger partial charge in [-0.1, -0.05) is 30.3 Å². The minimum absolute atomic E-state index is 0.178. The molecule has 3 aromatic rings. The van der Waals surface area contributed by atoms with Gasteiger partial charge < -0.3 is 4.74 Å². The van der Waals surface area contributed by atoms with Crippen molar-refractivity contribution in [2.24, 2.45) is 0 Å². The largest absolute Gasteiger partial charge is 0.438 e. The summed E-state index contributed by atoms with van der Waals surface area (Å²) in [5.41, 5.74) is 0.761. The molecule has 0 radical (unpaired) electrons. The molecule has 0 amide bonds. The fraction of sp³-hybridized carbons (Fsp3) is 0.0667. The van der Waals surface area contributed by atoms with Crippen LogP contribution in [0.1, 0.15) is 5.69 Å². The molecule has 100 valence electrons. The van der Waals surface area contributed by atoms with E-state index in [1.807, 2.05) is 37.3 Å². The molecule has 2 aromatic carbocycles. The number of halogens is 2. The molecule has 0 aliphatic rings. The summed E-state index contributed by atoms with van der Waals surface area (Å²) >= 11 is 9.41. The Hall–Kier alpha value is -1.65. The van der Waals surface area contributed by atoms with Gasteiger partial charge in [0.2, 0.25) is 11.2 Å². The Kier molecular flexibility index (Phi) is 3.59. The Morgan fingerprint density at radius 2 is 1.90 bits per heavy atom. The second-order valence-corrected chi connectivity index (χ2v) is 5.45. The SMILES string of the molecule is Cc1cc(Oc2ccc3ccccc3c2Br)nc(Cl)n1. The van der Waals surface area contributed by atoms with E-state index >= 15 is 0 Å². The number of fused-ring (bicyclic) bond motifs is 1. The fourth-order valence-electron chi connectivity index (χ4n) is 1.96. The molecule has 0 atom stereocenters. The van der Waals surface area contributed by atoms with E-state index < -0.39 is 0 Å². The molecular formula is C15H10BrClN2O. The number of nitrogens with zero attached hydrogens (tertiary/aromatic N) is 2. The van der Waals surface area contributed by atoms with Crippen molar-refractivity contribution in [2.75, 3.05) is 0 Å². The van der Waals surface area contributed by atoms with Crippen molar-refractivity contribution >= 4 is 38.3 Å². The van der Waals surface area contributed by atoms with E-state index in [9.17, 15) is 0 Å². The highest BCUT2D eigenvalue weighted by Gasteiger charge is 2.09. The van der Waals surface area contributed by atoms with Gasteiger partial charge in [-0.3, -0.25) is 0 Å². The summed E-state index contributed by atoms with van der Waals surface area (Å²) in [6, 6.07) is 13.7. The van der Waals surface area contributed by atoms with Crippen molar-refractivity contribution in [1.82, 2.24) is 9.97 Å². The lowest BCUT2D eigenvalue weighted by Crippen LogP contribution is -1.93. The lowest BCUT2D eigenvalue weighted by Gasteiger charge is -2.09. The van der Waals surface area contributed by atoms with Crippen LogP contribution < -0.4 is 4.74 Å². The Bertz CT molecular complexity index is 772. The molecule has 0 unspecified atom stereocenters. The molecule has 5 heteroatoms. The Morgan fingerprint density at radius 1 is 1.10 bits per heavy atom. The zero-order valence-corrected chi connectivity index (χ0v) is 12.9. The van der Waals surface area contributed by atoms with Crippen molar-refractivity contribution in [3.05, 3.63) is 57.9 Å². The highest BCUT2D eigenvalue weighted by atomic mass is 79.9. The second-order valence-electron chi connectivity index (χ2n) is 4.32. The molecule has 1 heterocycles. The van der Waals surface area contributed by atoms with Gasteiger partial charge in [-0.05, 0) is 51.3 Å². The first-order chi connectivity index (χ1) is 9.63. The summed E-state index contributed by atoms with van der Waals surface area (Å²) < 4.78 is 6.69. The number of aromatic nitrogens is 2. The third-order valence-corrected chi connectivity index (χ3v) is 3.83. The predicted molar refractivity (Wildman–Crippen MR) is 83.5 cm³/mol. The van der Waals surface area contributed by atoms with Gasteiger partial charge in [0, 0.05) is 11.8 Å². The average Bonchev–Trinajstić information content (AvgIpc) is 2.41. The molecule has 3 rings (SSSR count). The molecule has 0 fully saturated rings. The van der Waals surface area contributed by atoms with E-state index in [0.29, 0.717) is 11.6 Å². The summed E-state index contributed by atoms with van der Waals surface area (Å²) in [4.78, 5) is 8.07. The molecule has 0 aliphatic heterocycles. The van der Waals surface area contributed by atoms with Crippen molar-refractivity contribution < 1.29 is 4.74 Å². The lowest BCUT2D eigenvalue weighted by molar-refractivity contribution is 0.459. The monoisotopic (exact) mass is 348 g/mol. The molecule has 0 aliphatic carbocycles. The minimum atomic E-state index is 0.178. The van der Waals surface area contributed by atoms with Crippen LogP contribution >= 0.6 is 27.5 Å². The molecule has 3 nitrogen and oxygen atoms in total. The molecule has 0 spiro atoms. The van der Waals surface area contributed by atoms with Gasteiger partial charge in [0.15, 0.2) is 0 Å². The zero-order chi connectivity index (χ0) is 14.1. The first kappa shape index (κ1) is 13.3. The van der Waals surface area contributed by atoms with Crippen molar-refractivity contribution in [3.63, 3.8) is 0 Å². The molecule has 0 saturated carbocycles. The lowest BCUT2D eigenvalue weighted by atomic mass is 10.1. The number of rotatable bonds is 2. The minimum Gasteiger partial charge on any atom is -0.438 e. The Labute approximate surface area is 129 Å². The fourth-order valence-corrected chi connectivity index (χ4v) is 2.75. The van der Waals surface area contributed by atoms with E-state index in [1.165, 1.54) is 0 Å². The van der Waals surface area contributed by atoms with Crippen LogP contribution in [0.25, 0.3) is 10.8 Å². The van der Waals surface area contributed by atoms with Crippen LogP contribution in [-0.2, 0) is 0 Å². The summed E-state index contributed by atoms with van der Waals surface area (Å²) in [6.45, 7) is 1.84. The number of benzene rings is 2. The first-order valence-corrected chi connectivity index (χ1v) is 7.17. The normalized spacial score (nSPS) is 10.8. The van der Waals surface area contributed by atoms with Gasteiger partial charge >= 0.3 is 0 Å². The molecule has 0 saturated heterocycles. The molecule has 0 bridgehead atoms. The Balaban J connectivity index is 2.04. The van der Waals surface area contributed by atoms with Gasteiger partial charge in [0.05, 0.1) is 4.47 Å². The molecule has 0 N–H and O–H groups in total. The highest BCUT2D eigenvalue weighted by Crippen LogP contribution is 2.35. The van der Waals surface area contributed by atoms with Gasteiger partial charge in [0.1, 0.15) is 5.75 Å². The summed E-state index contributed by atoms with van der Waals surface area (Å²) in [5.74, 6) is 1.12. The molecular weight excluding hydrogens is 340 g/mol. The number of aryl methyl sites for hydroxylation is 1. The third-order valence-electron chi connectivity index (χ3n) is 2.85. The summed E-state index contributed by atoms with van der Waals surface area (Å²) in [6.07, 6.45) is 0. The number of hydrogen-bond donors (Lipinski definition) is 0. The van der Waals surface area contributed by atoms with E-state index in [4.69, 9.17) is 16.3 Å². The smallest absolute Gasteiger partial charge is 0.225 e. The Morgan fingerprint density at radius 3 is 2.70 bits per heavy atom. The van der Waals surface area contributed by atoms with E-state index in [2.05, 4.69) is 32.0 Å². The highest BCUT2D eigenvalue weighted by molar-refractivity contribution is 9.10. The van der Waals surface area contributed by atoms with E-state index in [-0.39, 0.29) is 5.28 Å². The quantitative estimate of drug-likeness (QED) is 0.600. The zero-order valence-electron chi connectivity index (χ0n) is 10.6. The number of hydrogen-bond acceptors (Lipinski definition) is 3. The van der Waals surface area contributed by atoms with Crippen molar-refractivity contribution in [2.45, 2.75) is 6.92 Å². The van der Waals surface area contributed by atoms with Crippen LogP contribution in [0.5, 0.6) is 11.6 Å². The summed E-state index contributed by atoms with van der Waals surface area (Å²) in [5, 5.41) is 2.41. The third kappa shape index (κ3) is 2.62. The standard InChI is InChI=1S/C15H10BrClN2O/c1-9-8-13(19-15(17)18-9)20-12-7-6-10-4-2-3-5-11(10)14(12)16/h2-8H,1H3. The van der Waals surface area contributed by atoms with Crippen LogP contribution in [0.3, 0.4) is 0 Å². The first-order valence-electron chi connectivity index (χ1n) is 6.00. The van der Waals surface area contributed by atoms with Crippen LogP contribution in [-0.4, -0.2) is 9.97 Å². The average molecular weight is 350 g/mol. The van der Waals surface area contributed by atoms with Crippen LogP contribution in [0, 0.1) is 6.92 Å². The molecule has 20 heavy (non-hydrogen) atoms. The summed E-state index contributed by atoms with van der Waals surface area (Å²) in [7, 11) is 0. The van der Waals surface area contributed by atoms with Crippen LogP contribution in [0.2, 0.25) is 5.28 Å². The van der Waals surface area contributed by atoms with Gasteiger partial charge in [0.25, 0.3) is 0 Å². The van der Waals surface area contributed by atoms with E-state index in [1.54, 1.807) is 6.07 Å². The maximum absolute atomic E-state index is 5.84. The van der Waals surface area contributed by atoms with Crippen molar-refractivity contribution in [3.8, 4) is 11.6 Å². The molecule has 1 aromatic heterocycles. The second kappa shape index (κ2) is 5.38. The van der Waals surface area contributed by atoms with E-state index in [0.717, 1.165) is 20.9 Å². The maximum Gasteiger partial charge on any atom is 0.225 e. The number of ether oxygens (including phenoxy) is 1. The van der Waals surface area contributed by atoms with Gasteiger partial charge in [-0.15, -0.1) is 0 Å². The van der Waals surface area contributed by atoms with Crippen LogP contribution in [0.4, 0.5) is 0 Å². The van der Waals surface area contributed by atoms with Gasteiger partial charge in [-0.25, -0.2) is 4.98 Å². The topological polar surface area (TPSA) is 35.0 Å². The van der Waals surface area contributed by atoms with Crippen LogP contribution in [0.15, 0.2) is 46.9 Å². The predicted octanol–water partition coefficient (Wildman–Crippen LogP) is 5.15. The maximum atomic E-state index is 5.84. The van der Waals surface area contributed by atoms with Gasteiger partial charge in [-0.2, -0.15) is 4.98 Å². The van der Waals surface area contributed by atoms with Crippen molar-refractivity contribution in [1.29, 1.82) is 0 Å².